The van der Waals surface area contributed by atoms with Gasteiger partial charge in [0, 0.05) is 29.8 Å². The molecule has 6 radical (unpaired) electrons. The Balaban J connectivity index is 1.98. The number of rotatable bonds is 5. The molecule has 2 aromatic heterocycles. The molecule has 0 bridgehead atoms. The first-order valence-electron chi connectivity index (χ1n) is 7.70. The summed E-state index contributed by atoms with van der Waals surface area (Å²) in [5.74, 6) is -0.373. The average molecular weight is 357 g/mol. The summed E-state index contributed by atoms with van der Waals surface area (Å²) >= 11 is 0. The van der Waals surface area contributed by atoms with E-state index in [0.717, 1.165) is 6.07 Å². The van der Waals surface area contributed by atoms with E-state index in [0.29, 0.717) is 11.5 Å². The lowest BCUT2D eigenvalue weighted by Crippen LogP contribution is -2.37. The second-order valence-corrected chi connectivity index (χ2v) is 5.64. The van der Waals surface area contributed by atoms with Gasteiger partial charge in [0.05, 0.1) is 11.9 Å². The summed E-state index contributed by atoms with van der Waals surface area (Å²) in [6, 6.07) is 6.99. The van der Waals surface area contributed by atoms with Crippen LogP contribution in [-0.4, -0.2) is 61.4 Å². The molecule has 0 saturated carbocycles. The Morgan fingerprint density at radius 1 is 1.07 bits per heavy atom. The minimum Gasteiger partial charge on any atom is -0.507 e. The van der Waals surface area contributed by atoms with Crippen LogP contribution in [0.3, 0.4) is 0 Å². The standard InChI is InChI=1S/C16H11B3FN5O2/c1-21-14-3-2-12(23-24-14)10-5-11(20)9(6-13(10)26)8-4-15(25-22-7-8)27-16(17,18)19/h2-7,26H,1H3,(H,21,24). The van der Waals surface area contributed by atoms with Crippen molar-refractivity contribution >= 4 is 29.4 Å². The van der Waals surface area contributed by atoms with Gasteiger partial charge in [-0.2, -0.15) is 5.10 Å². The van der Waals surface area contributed by atoms with Crippen LogP contribution in [0.25, 0.3) is 22.4 Å². The number of halogens is 1. The Hall–Kier alpha value is -3.10. The maximum atomic E-state index is 14.7. The lowest BCUT2D eigenvalue weighted by atomic mass is 9.52. The molecular weight excluding hydrogens is 346 g/mol. The van der Waals surface area contributed by atoms with Crippen LogP contribution in [0.5, 0.6) is 11.6 Å². The fourth-order valence-electron chi connectivity index (χ4n) is 2.32. The van der Waals surface area contributed by atoms with Crippen LogP contribution in [0, 0.1) is 5.82 Å². The van der Waals surface area contributed by atoms with Crippen molar-refractivity contribution in [1.82, 2.24) is 20.4 Å². The Labute approximate surface area is 158 Å². The predicted molar refractivity (Wildman–Crippen MR) is 100 cm³/mol. The zero-order valence-electron chi connectivity index (χ0n) is 14.2. The molecule has 0 saturated heterocycles. The van der Waals surface area contributed by atoms with Crippen molar-refractivity contribution in [1.29, 1.82) is 0 Å². The van der Waals surface area contributed by atoms with Gasteiger partial charge >= 0.3 is 0 Å². The highest BCUT2D eigenvalue weighted by Gasteiger charge is 2.17. The first kappa shape index (κ1) is 18.7. The number of hydrogen-bond acceptors (Lipinski definition) is 7. The van der Waals surface area contributed by atoms with E-state index in [9.17, 15) is 9.50 Å². The van der Waals surface area contributed by atoms with E-state index in [4.69, 9.17) is 28.3 Å². The van der Waals surface area contributed by atoms with Crippen LogP contribution in [-0.2, 0) is 0 Å². The van der Waals surface area contributed by atoms with Crippen LogP contribution in [0.15, 0.2) is 36.5 Å². The Morgan fingerprint density at radius 3 is 2.48 bits per heavy atom. The molecule has 0 aliphatic carbocycles. The summed E-state index contributed by atoms with van der Waals surface area (Å²) in [5.41, 5.74) is 0.843. The van der Waals surface area contributed by atoms with Crippen LogP contribution in [0.4, 0.5) is 10.2 Å². The quantitative estimate of drug-likeness (QED) is 0.658. The van der Waals surface area contributed by atoms with E-state index in [-0.39, 0.29) is 28.3 Å². The number of hydrogen-bond donors (Lipinski definition) is 2. The molecular formula is C16H11B3FN5O2. The van der Waals surface area contributed by atoms with Gasteiger partial charge in [0.15, 0.2) is 0 Å². The lowest BCUT2D eigenvalue weighted by Gasteiger charge is -2.21. The summed E-state index contributed by atoms with van der Waals surface area (Å²) < 4.78 is 19.7. The van der Waals surface area contributed by atoms with Gasteiger partial charge in [-0.3, -0.25) is 0 Å². The molecule has 0 amide bonds. The summed E-state index contributed by atoms with van der Waals surface area (Å²) in [6.07, 6.45) is 1.29. The molecule has 11 heteroatoms. The number of phenolic OH excluding ortho intramolecular Hbond substituents is 1. The van der Waals surface area contributed by atoms with E-state index in [1.165, 1.54) is 18.3 Å². The molecule has 27 heavy (non-hydrogen) atoms. The van der Waals surface area contributed by atoms with Crippen LogP contribution < -0.4 is 10.1 Å². The molecule has 128 valence electrons. The smallest absolute Gasteiger partial charge is 0.232 e. The van der Waals surface area contributed by atoms with Crippen molar-refractivity contribution in [2.45, 2.75) is 5.30 Å². The summed E-state index contributed by atoms with van der Waals surface area (Å²) in [6.45, 7) is 0. The normalized spacial score (nSPS) is 11.2. The van der Waals surface area contributed by atoms with E-state index in [2.05, 4.69) is 25.7 Å². The molecule has 3 aromatic rings. The second kappa shape index (κ2) is 7.26. The molecule has 0 aliphatic heterocycles. The number of benzene rings is 1. The van der Waals surface area contributed by atoms with Gasteiger partial charge in [-0.1, -0.05) is 0 Å². The van der Waals surface area contributed by atoms with Gasteiger partial charge in [-0.15, -0.1) is 15.3 Å². The van der Waals surface area contributed by atoms with Gasteiger partial charge in [0.25, 0.3) is 0 Å². The molecule has 3 rings (SSSR count). The number of nitrogens with zero attached hydrogens (tertiary/aromatic N) is 4. The van der Waals surface area contributed by atoms with Gasteiger partial charge < -0.3 is 15.2 Å². The number of aromatic nitrogens is 4. The number of phenols is 1. The van der Waals surface area contributed by atoms with Gasteiger partial charge in [0.2, 0.25) is 5.88 Å². The zero-order chi connectivity index (χ0) is 19.6. The highest BCUT2D eigenvalue weighted by Crippen LogP contribution is 2.35. The molecule has 2 N–H and O–H groups in total. The Kier molecular flexibility index (Phi) is 5.03. The Morgan fingerprint density at radius 2 is 1.85 bits per heavy atom. The second-order valence-electron chi connectivity index (χ2n) is 5.64. The highest BCUT2D eigenvalue weighted by molar-refractivity contribution is 6.58. The maximum absolute atomic E-state index is 14.7. The fourth-order valence-corrected chi connectivity index (χ4v) is 2.32. The minimum absolute atomic E-state index is 0.0625. The summed E-state index contributed by atoms with van der Waals surface area (Å²) in [5, 5.41) is 26.4. The van der Waals surface area contributed by atoms with Gasteiger partial charge in [0.1, 0.15) is 40.9 Å². The third-order valence-electron chi connectivity index (χ3n) is 3.51. The van der Waals surface area contributed by atoms with E-state index in [1.54, 1.807) is 19.2 Å². The number of aromatic hydroxyl groups is 1. The third kappa shape index (κ3) is 4.36. The molecule has 0 aliphatic rings. The topological polar surface area (TPSA) is 93.1 Å². The lowest BCUT2D eigenvalue weighted by molar-refractivity contribution is 0.302. The van der Waals surface area contributed by atoms with Crippen molar-refractivity contribution in [2.24, 2.45) is 0 Å². The minimum atomic E-state index is -1.96. The highest BCUT2D eigenvalue weighted by atomic mass is 19.1. The van der Waals surface area contributed by atoms with Gasteiger partial charge in [-0.05, 0) is 29.6 Å². The number of nitrogens with one attached hydrogen (secondary N) is 1. The third-order valence-corrected chi connectivity index (χ3v) is 3.51. The van der Waals surface area contributed by atoms with E-state index in [1.807, 2.05) is 0 Å². The molecule has 1 aromatic carbocycles. The first-order valence-corrected chi connectivity index (χ1v) is 7.70. The zero-order valence-corrected chi connectivity index (χ0v) is 14.2. The average Bonchev–Trinajstić information content (AvgIpc) is 2.62. The van der Waals surface area contributed by atoms with Crippen molar-refractivity contribution in [2.75, 3.05) is 12.4 Å². The van der Waals surface area contributed by atoms with Crippen LogP contribution >= 0.6 is 0 Å². The van der Waals surface area contributed by atoms with Crippen LogP contribution in [0.1, 0.15) is 0 Å². The predicted octanol–water partition coefficient (Wildman–Crippen LogP) is 0.983. The van der Waals surface area contributed by atoms with Crippen molar-refractivity contribution in [3.8, 4) is 34.0 Å². The number of anilines is 1. The van der Waals surface area contributed by atoms with E-state index < -0.39 is 11.1 Å². The SMILES string of the molecule is [B]C([B])([B])Oc1cc(-c2cc(O)c(-c3ccc(NC)nn3)cc2F)cnn1. The van der Waals surface area contributed by atoms with Crippen LogP contribution in [0.2, 0.25) is 0 Å². The van der Waals surface area contributed by atoms with Gasteiger partial charge in [-0.25, -0.2) is 4.39 Å². The largest absolute Gasteiger partial charge is 0.507 e. The maximum Gasteiger partial charge on any atom is 0.232 e. The molecule has 0 unspecified atom stereocenters. The van der Waals surface area contributed by atoms with Crippen molar-refractivity contribution in [3.63, 3.8) is 0 Å². The molecule has 0 spiro atoms. The van der Waals surface area contributed by atoms with Crippen molar-refractivity contribution < 1.29 is 14.2 Å². The first-order chi connectivity index (χ1) is 12.8. The molecule has 7 nitrogen and oxygen atoms in total. The summed E-state index contributed by atoms with van der Waals surface area (Å²) in [4.78, 5) is 0. The number of ether oxygens (including phenoxy) is 1. The molecule has 0 fully saturated rings. The molecule has 0 atom stereocenters. The fraction of sp³-hybridized carbons (Fsp3) is 0.125. The monoisotopic (exact) mass is 357 g/mol. The van der Waals surface area contributed by atoms with E-state index >= 15 is 0 Å². The van der Waals surface area contributed by atoms with Crippen molar-refractivity contribution in [3.05, 3.63) is 42.3 Å². The Bertz CT molecular complexity index is 967. The molecule has 2 heterocycles. The summed E-state index contributed by atoms with van der Waals surface area (Å²) in [7, 11) is 17.7.